The molecular weight excluding hydrogens is 266 g/mol. The van der Waals surface area contributed by atoms with E-state index in [2.05, 4.69) is 0 Å². The summed E-state index contributed by atoms with van der Waals surface area (Å²) < 4.78 is 91.0. The molecule has 0 fully saturated rings. The third-order valence-corrected chi connectivity index (χ3v) is 3.72. The summed E-state index contributed by atoms with van der Waals surface area (Å²) >= 11 is 0. The molecule has 0 amide bonds. The molecule has 0 unspecified atom stereocenters. The zero-order valence-electron chi connectivity index (χ0n) is 6.81. The van der Waals surface area contributed by atoms with Crippen LogP contribution >= 0.6 is 16.0 Å². The van der Waals surface area contributed by atoms with Gasteiger partial charge in [0.25, 0.3) is 0 Å². The third kappa shape index (κ3) is 3.76. The molecular formula is C2H6F8N2P2. The van der Waals surface area contributed by atoms with Crippen LogP contribution in [0.25, 0.3) is 0 Å². The van der Waals surface area contributed by atoms with Gasteiger partial charge in [-0.1, -0.05) is 0 Å². The van der Waals surface area contributed by atoms with Crippen LogP contribution in [0.1, 0.15) is 0 Å². The maximum absolute atomic E-state index is 11.8. The number of hydrazine groups is 1. The summed E-state index contributed by atoms with van der Waals surface area (Å²) in [5.74, 6) is 0. The average Bonchev–Trinajstić information content (AvgIpc) is 1.76. The predicted molar refractivity (Wildman–Crippen MR) is 38.2 cm³/mol. The molecule has 0 heterocycles. The Morgan fingerprint density at radius 3 is 0.786 bits per heavy atom. The molecule has 14 heavy (non-hydrogen) atoms. The molecule has 0 saturated carbocycles. The van der Waals surface area contributed by atoms with Gasteiger partial charge in [0.1, 0.15) is 0 Å². The van der Waals surface area contributed by atoms with E-state index in [9.17, 15) is 33.6 Å². The van der Waals surface area contributed by atoms with Crippen molar-refractivity contribution in [2.45, 2.75) is 0 Å². The SMILES string of the molecule is CN(N(C)P(F)(F)(F)F)P(F)(F)(F)F. The molecule has 0 rings (SSSR count). The normalized spacial score (nSPS) is 20.3. The molecule has 0 saturated heterocycles. The summed E-state index contributed by atoms with van der Waals surface area (Å²) in [5, 5.41) is 0. The van der Waals surface area contributed by atoms with Crippen molar-refractivity contribution < 1.29 is 33.6 Å². The zero-order valence-corrected chi connectivity index (χ0v) is 8.60. The molecule has 0 N–H and O–H groups in total. The van der Waals surface area contributed by atoms with E-state index in [1.54, 1.807) is 0 Å². The van der Waals surface area contributed by atoms with Crippen LogP contribution in [-0.2, 0) is 0 Å². The fourth-order valence-electron chi connectivity index (χ4n) is 0.391. The number of halogens is 8. The van der Waals surface area contributed by atoms with Crippen LogP contribution in [0.3, 0.4) is 0 Å². The molecule has 0 aromatic heterocycles. The predicted octanol–water partition coefficient (Wildman–Crippen LogP) is 4.78. The van der Waals surface area contributed by atoms with Crippen LogP contribution in [0.4, 0.5) is 33.6 Å². The summed E-state index contributed by atoms with van der Waals surface area (Å²) in [6, 6.07) is 0. The Morgan fingerprint density at radius 2 is 0.714 bits per heavy atom. The summed E-state index contributed by atoms with van der Waals surface area (Å²) in [6.45, 7) is 0. The zero-order chi connectivity index (χ0) is 12.0. The van der Waals surface area contributed by atoms with Gasteiger partial charge in [0.05, 0.1) is 0 Å². The topological polar surface area (TPSA) is 6.48 Å². The van der Waals surface area contributed by atoms with E-state index in [-0.39, 0.29) is 14.1 Å². The average molecular weight is 272 g/mol. The second-order valence-electron chi connectivity index (χ2n) is 2.35. The maximum atomic E-state index is 11.8. The Morgan fingerprint density at radius 1 is 0.571 bits per heavy atom. The van der Waals surface area contributed by atoms with Crippen molar-refractivity contribution >= 4 is 16.0 Å². The minimum absolute atomic E-state index is 0.225. The van der Waals surface area contributed by atoms with Gasteiger partial charge in [0.15, 0.2) is 0 Å². The molecule has 0 atom stereocenters. The van der Waals surface area contributed by atoms with Crippen LogP contribution in [-0.4, -0.2) is 23.7 Å². The van der Waals surface area contributed by atoms with Crippen LogP contribution in [0.2, 0.25) is 0 Å². The number of hydrogen-bond donors (Lipinski definition) is 0. The van der Waals surface area contributed by atoms with Gasteiger partial charge >= 0.3 is 73.2 Å². The molecule has 0 aromatic carbocycles. The summed E-state index contributed by atoms with van der Waals surface area (Å²) in [4.78, 5) is 0. The molecule has 0 aliphatic carbocycles. The quantitative estimate of drug-likeness (QED) is 0.414. The molecule has 0 aromatic rings. The van der Waals surface area contributed by atoms with Crippen molar-refractivity contribution in [3.8, 4) is 0 Å². The molecule has 90 valence electrons. The van der Waals surface area contributed by atoms with Crippen molar-refractivity contribution in [2.24, 2.45) is 0 Å². The first-order valence-corrected chi connectivity index (χ1v) is 6.35. The van der Waals surface area contributed by atoms with Gasteiger partial charge in [-0.3, -0.25) is 0 Å². The fraction of sp³-hybridized carbons (Fsp3) is 1.00. The van der Waals surface area contributed by atoms with Crippen molar-refractivity contribution in [1.29, 1.82) is 0 Å². The Bertz CT molecular complexity index is 195. The van der Waals surface area contributed by atoms with E-state index < -0.39 is 25.6 Å². The van der Waals surface area contributed by atoms with Gasteiger partial charge in [0.2, 0.25) is 0 Å². The molecule has 0 bridgehead atoms. The van der Waals surface area contributed by atoms with Crippen molar-refractivity contribution in [3.05, 3.63) is 0 Å². The van der Waals surface area contributed by atoms with E-state index in [4.69, 9.17) is 0 Å². The van der Waals surface area contributed by atoms with Gasteiger partial charge in [-0.15, -0.1) is 0 Å². The van der Waals surface area contributed by atoms with E-state index >= 15 is 0 Å². The molecule has 0 aliphatic heterocycles. The fourth-order valence-corrected chi connectivity index (χ4v) is 1.90. The summed E-state index contributed by atoms with van der Waals surface area (Å²) in [6.07, 6.45) is 0. The molecule has 0 aliphatic rings. The molecule has 2 nitrogen and oxygen atoms in total. The second-order valence-corrected chi connectivity index (χ2v) is 6.25. The van der Waals surface area contributed by atoms with E-state index in [0.29, 0.717) is 0 Å². The molecule has 0 radical (unpaired) electrons. The first-order chi connectivity index (χ1) is 5.58. The summed E-state index contributed by atoms with van der Waals surface area (Å²) in [7, 11) is -17.7. The first-order valence-electron chi connectivity index (χ1n) is 2.85. The number of nitrogens with zero attached hydrogens (tertiary/aromatic N) is 2. The monoisotopic (exact) mass is 272 g/mol. The third-order valence-electron chi connectivity index (χ3n) is 1.29. The van der Waals surface area contributed by atoms with Crippen molar-refractivity contribution in [2.75, 3.05) is 14.1 Å². The number of rotatable bonds is 3. The van der Waals surface area contributed by atoms with E-state index in [0.717, 1.165) is 0 Å². The van der Waals surface area contributed by atoms with Gasteiger partial charge in [0, 0.05) is 0 Å². The van der Waals surface area contributed by atoms with Crippen molar-refractivity contribution in [1.82, 2.24) is 9.56 Å². The van der Waals surface area contributed by atoms with Gasteiger partial charge in [-0.2, -0.15) is 0 Å². The Balaban J connectivity index is 5.03. The Labute approximate surface area is 74.3 Å². The molecule has 12 heteroatoms. The second kappa shape index (κ2) is 2.87. The van der Waals surface area contributed by atoms with Crippen molar-refractivity contribution in [3.63, 3.8) is 0 Å². The number of hydrogen-bond acceptors (Lipinski definition) is 2. The van der Waals surface area contributed by atoms with E-state index in [1.807, 2.05) is 0 Å². The molecule has 0 spiro atoms. The van der Waals surface area contributed by atoms with Gasteiger partial charge in [-0.05, 0) is 0 Å². The van der Waals surface area contributed by atoms with Crippen LogP contribution < -0.4 is 0 Å². The van der Waals surface area contributed by atoms with E-state index in [1.165, 1.54) is 0 Å². The van der Waals surface area contributed by atoms with Gasteiger partial charge in [-0.25, -0.2) is 0 Å². The van der Waals surface area contributed by atoms with Crippen LogP contribution in [0, 0.1) is 0 Å². The Hall–Kier alpha value is 0.220. The van der Waals surface area contributed by atoms with Gasteiger partial charge < -0.3 is 0 Å². The summed E-state index contributed by atoms with van der Waals surface area (Å²) in [5.41, 5.74) is 0. The minimum atomic E-state index is -8.61. The van der Waals surface area contributed by atoms with Crippen LogP contribution in [0.15, 0.2) is 0 Å². The van der Waals surface area contributed by atoms with Crippen LogP contribution in [0.5, 0.6) is 0 Å². The Kier molecular flexibility index (Phi) is 2.92. The first kappa shape index (κ1) is 14.2. The standard InChI is InChI=1S/C2H6F8N2P2/c1-11(13(3,4,5)6)12(2)14(7,8,9)10/h1-2H3.